The Labute approximate surface area is 165 Å². The zero-order chi connectivity index (χ0) is 20.2. The lowest BCUT2D eigenvalue weighted by molar-refractivity contribution is -0.129. The highest BCUT2D eigenvalue weighted by Crippen LogP contribution is 2.22. The molecule has 144 valence electrons. The number of carbonyl (C=O) groups is 1. The van der Waals surface area contributed by atoms with Crippen LogP contribution in [0.4, 0.5) is 8.78 Å². The molecule has 6 heteroatoms. The van der Waals surface area contributed by atoms with Gasteiger partial charge in [-0.3, -0.25) is 0 Å². The van der Waals surface area contributed by atoms with Gasteiger partial charge in [0.1, 0.15) is 24.0 Å². The Kier molecular flexibility index (Phi) is 5.16. The molecule has 0 aliphatic carbocycles. The molecule has 1 heterocycles. The van der Waals surface area contributed by atoms with E-state index in [0.29, 0.717) is 11.3 Å². The van der Waals surface area contributed by atoms with Crippen LogP contribution in [0.2, 0.25) is 0 Å². The van der Waals surface area contributed by atoms with E-state index < -0.39 is 11.8 Å². The van der Waals surface area contributed by atoms with Gasteiger partial charge in [-0.15, -0.1) is 0 Å². The van der Waals surface area contributed by atoms with Gasteiger partial charge < -0.3 is 9.47 Å². The molecule has 1 aliphatic rings. The van der Waals surface area contributed by atoms with E-state index in [0.717, 1.165) is 5.56 Å². The van der Waals surface area contributed by atoms with Crippen LogP contribution >= 0.6 is 0 Å². The Bertz CT molecular complexity index is 1120. The van der Waals surface area contributed by atoms with Crippen molar-refractivity contribution < 1.29 is 23.0 Å². The van der Waals surface area contributed by atoms with Gasteiger partial charge in [0.25, 0.3) is 0 Å². The average Bonchev–Trinajstić information content (AvgIpc) is 3.08. The van der Waals surface area contributed by atoms with Crippen LogP contribution in [-0.4, -0.2) is 11.9 Å². The molecule has 0 unspecified atom stereocenters. The van der Waals surface area contributed by atoms with Gasteiger partial charge in [0.05, 0.1) is 5.56 Å². The number of cyclic esters (lactones) is 1. The number of esters is 1. The van der Waals surface area contributed by atoms with Crippen LogP contribution in [0.15, 0.2) is 83.5 Å². The van der Waals surface area contributed by atoms with E-state index in [2.05, 4.69) is 4.99 Å². The SMILES string of the molecule is O=C1OC(c2ccccc2F)=N/C1=C/c1cccc(OCc2ccc(F)cc2)c1. The summed E-state index contributed by atoms with van der Waals surface area (Å²) in [6.45, 7) is 0.276. The van der Waals surface area contributed by atoms with E-state index in [-0.39, 0.29) is 29.6 Å². The molecule has 0 N–H and O–H groups in total. The minimum absolute atomic E-state index is 0.0666. The van der Waals surface area contributed by atoms with E-state index >= 15 is 0 Å². The van der Waals surface area contributed by atoms with Crippen molar-refractivity contribution in [1.29, 1.82) is 0 Å². The second kappa shape index (κ2) is 8.06. The summed E-state index contributed by atoms with van der Waals surface area (Å²) in [6, 6.07) is 19.0. The number of halogens is 2. The summed E-state index contributed by atoms with van der Waals surface area (Å²) in [5.41, 5.74) is 1.69. The van der Waals surface area contributed by atoms with E-state index in [1.165, 1.54) is 24.3 Å². The predicted octanol–water partition coefficient (Wildman–Crippen LogP) is 4.89. The van der Waals surface area contributed by atoms with Crippen molar-refractivity contribution in [2.45, 2.75) is 6.61 Å². The second-order valence-electron chi connectivity index (χ2n) is 6.30. The van der Waals surface area contributed by atoms with Crippen LogP contribution in [-0.2, 0) is 16.1 Å². The smallest absolute Gasteiger partial charge is 0.363 e. The third-order valence-electron chi connectivity index (χ3n) is 4.21. The zero-order valence-electron chi connectivity index (χ0n) is 15.1. The Morgan fingerprint density at radius 1 is 0.966 bits per heavy atom. The van der Waals surface area contributed by atoms with Crippen LogP contribution in [0.25, 0.3) is 6.08 Å². The van der Waals surface area contributed by atoms with Crippen LogP contribution < -0.4 is 4.74 Å². The van der Waals surface area contributed by atoms with Crippen molar-refractivity contribution >= 4 is 17.9 Å². The summed E-state index contributed by atoms with van der Waals surface area (Å²) in [5, 5.41) is 0. The van der Waals surface area contributed by atoms with Crippen LogP contribution in [0, 0.1) is 11.6 Å². The number of hydrogen-bond acceptors (Lipinski definition) is 4. The molecule has 4 nitrogen and oxygen atoms in total. The number of hydrogen-bond donors (Lipinski definition) is 0. The molecule has 3 aromatic rings. The molecule has 0 radical (unpaired) electrons. The Morgan fingerprint density at radius 3 is 2.55 bits per heavy atom. The monoisotopic (exact) mass is 391 g/mol. The van der Waals surface area contributed by atoms with Gasteiger partial charge in [-0.1, -0.05) is 36.4 Å². The summed E-state index contributed by atoms with van der Waals surface area (Å²) in [6.07, 6.45) is 1.54. The molecule has 0 amide bonds. The topological polar surface area (TPSA) is 47.9 Å². The van der Waals surface area contributed by atoms with Gasteiger partial charge in [-0.2, -0.15) is 0 Å². The van der Waals surface area contributed by atoms with Crippen molar-refractivity contribution in [3.63, 3.8) is 0 Å². The largest absolute Gasteiger partial charge is 0.489 e. The molecule has 0 saturated carbocycles. The average molecular weight is 391 g/mol. The Balaban J connectivity index is 1.52. The lowest BCUT2D eigenvalue weighted by Gasteiger charge is -2.07. The maximum atomic E-state index is 13.9. The first-order valence-electron chi connectivity index (χ1n) is 8.83. The fourth-order valence-corrected chi connectivity index (χ4v) is 2.76. The molecular weight excluding hydrogens is 376 g/mol. The van der Waals surface area contributed by atoms with E-state index in [1.807, 2.05) is 0 Å². The standard InChI is InChI=1S/C23H15F2NO3/c24-17-10-8-15(9-11-17)14-28-18-5-3-4-16(12-18)13-21-23(27)29-22(26-21)19-6-1-2-7-20(19)25/h1-13H,14H2/b21-13+. The van der Waals surface area contributed by atoms with Crippen molar-refractivity contribution in [1.82, 2.24) is 0 Å². The van der Waals surface area contributed by atoms with E-state index in [1.54, 1.807) is 54.6 Å². The summed E-state index contributed by atoms with van der Waals surface area (Å²) >= 11 is 0. The molecule has 0 atom stereocenters. The molecule has 0 bridgehead atoms. The number of benzene rings is 3. The van der Waals surface area contributed by atoms with Crippen LogP contribution in [0.1, 0.15) is 16.7 Å². The Hall–Kier alpha value is -3.80. The zero-order valence-corrected chi connectivity index (χ0v) is 15.1. The van der Waals surface area contributed by atoms with Gasteiger partial charge in [0.15, 0.2) is 5.70 Å². The maximum absolute atomic E-state index is 13.9. The summed E-state index contributed by atoms with van der Waals surface area (Å²) in [5.74, 6) is -0.963. The third-order valence-corrected chi connectivity index (χ3v) is 4.21. The summed E-state index contributed by atoms with van der Waals surface area (Å²) in [7, 11) is 0. The van der Waals surface area contributed by atoms with E-state index in [4.69, 9.17) is 9.47 Å². The fourth-order valence-electron chi connectivity index (χ4n) is 2.76. The highest BCUT2D eigenvalue weighted by atomic mass is 19.1. The molecule has 0 aromatic heterocycles. The fraction of sp³-hybridized carbons (Fsp3) is 0.0435. The van der Waals surface area contributed by atoms with Crippen molar-refractivity contribution in [3.8, 4) is 5.75 Å². The first kappa shape index (κ1) is 18.6. The first-order chi connectivity index (χ1) is 14.1. The summed E-state index contributed by atoms with van der Waals surface area (Å²) in [4.78, 5) is 16.2. The van der Waals surface area contributed by atoms with E-state index in [9.17, 15) is 13.6 Å². The minimum Gasteiger partial charge on any atom is -0.489 e. The molecule has 4 rings (SSSR count). The number of aliphatic imine (C=N–C) groups is 1. The number of carbonyl (C=O) groups excluding carboxylic acids is 1. The highest BCUT2D eigenvalue weighted by Gasteiger charge is 2.25. The second-order valence-corrected chi connectivity index (χ2v) is 6.30. The van der Waals surface area contributed by atoms with Crippen molar-refractivity contribution in [3.05, 3.63) is 107 Å². The molecular formula is C23H15F2NO3. The number of ether oxygens (including phenoxy) is 2. The molecule has 29 heavy (non-hydrogen) atoms. The predicted molar refractivity (Wildman–Crippen MR) is 104 cm³/mol. The molecule has 0 saturated heterocycles. The Morgan fingerprint density at radius 2 is 1.76 bits per heavy atom. The maximum Gasteiger partial charge on any atom is 0.363 e. The molecule has 0 fully saturated rings. The highest BCUT2D eigenvalue weighted by molar-refractivity contribution is 6.12. The normalized spacial score (nSPS) is 14.6. The summed E-state index contributed by atoms with van der Waals surface area (Å²) < 4.78 is 37.7. The van der Waals surface area contributed by atoms with Gasteiger partial charge >= 0.3 is 5.97 Å². The number of rotatable bonds is 5. The quantitative estimate of drug-likeness (QED) is 0.460. The molecule has 1 aliphatic heterocycles. The number of nitrogens with zero attached hydrogens (tertiary/aromatic N) is 1. The van der Waals surface area contributed by atoms with Crippen molar-refractivity contribution in [2.24, 2.45) is 4.99 Å². The third kappa shape index (κ3) is 4.38. The van der Waals surface area contributed by atoms with Crippen LogP contribution in [0.3, 0.4) is 0 Å². The van der Waals surface area contributed by atoms with Gasteiger partial charge in [-0.05, 0) is 53.6 Å². The molecule has 3 aromatic carbocycles. The first-order valence-corrected chi connectivity index (χ1v) is 8.83. The van der Waals surface area contributed by atoms with Gasteiger partial charge in [-0.25, -0.2) is 18.6 Å². The lowest BCUT2D eigenvalue weighted by atomic mass is 10.2. The van der Waals surface area contributed by atoms with Crippen molar-refractivity contribution in [2.75, 3.05) is 0 Å². The minimum atomic E-state index is -0.652. The van der Waals surface area contributed by atoms with Gasteiger partial charge in [0, 0.05) is 0 Å². The van der Waals surface area contributed by atoms with Gasteiger partial charge in [0.2, 0.25) is 5.90 Å². The molecule has 0 spiro atoms. The lowest BCUT2D eigenvalue weighted by Crippen LogP contribution is -2.07. The van der Waals surface area contributed by atoms with Crippen LogP contribution in [0.5, 0.6) is 5.75 Å².